The number of aromatic amines is 2. The molecule has 1 aliphatic rings. The smallest absolute Gasteiger partial charge is 0.337 e. The number of aryl methyl sites for hydroxylation is 1. The van der Waals surface area contributed by atoms with Crippen LogP contribution < -0.4 is 5.69 Å². The molecule has 20 heavy (non-hydrogen) atoms. The first-order valence-corrected chi connectivity index (χ1v) is 6.50. The highest BCUT2D eigenvalue weighted by atomic mass is 16.2. The lowest BCUT2D eigenvalue weighted by Gasteiger charge is -2.15. The van der Waals surface area contributed by atoms with Crippen molar-refractivity contribution in [2.45, 2.75) is 19.3 Å². The van der Waals surface area contributed by atoms with Crippen LogP contribution in [0.1, 0.15) is 34.2 Å². The highest BCUT2D eigenvalue weighted by Crippen LogP contribution is 2.26. The average molecular weight is 273 g/mol. The van der Waals surface area contributed by atoms with Gasteiger partial charge in [-0.25, -0.2) is 4.79 Å². The van der Waals surface area contributed by atoms with Crippen molar-refractivity contribution in [2.75, 3.05) is 13.1 Å². The van der Waals surface area contributed by atoms with Gasteiger partial charge < -0.3 is 9.88 Å². The molecule has 7 nitrogen and oxygen atoms in total. The van der Waals surface area contributed by atoms with Crippen molar-refractivity contribution >= 4 is 5.91 Å². The summed E-state index contributed by atoms with van der Waals surface area (Å²) in [6.45, 7) is 3.02. The van der Waals surface area contributed by atoms with Crippen molar-refractivity contribution in [3.05, 3.63) is 45.9 Å². The molecule has 2 aromatic rings. The van der Waals surface area contributed by atoms with Gasteiger partial charge in [-0.1, -0.05) is 0 Å². The predicted octanol–water partition coefficient (Wildman–Crippen LogP) is 0.431. The first kappa shape index (κ1) is 12.6. The highest BCUT2D eigenvalue weighted by molar-refractivity contribution is 5.92. The Hall–Kier alpha value is -2.44. The van der Waals surface area contributed by atoms with E-state index >= 15 is 0 Å². The molecule has 0 unspecified atom stereocenters. The van der Waals surface area contributed by atoms with Crippen LogP contribution in [0.3, 0.4) is 0 Å². The zero-order valence-electron chi connectivity index (χ0n) is 11.1. The van der Waals surface area contributed by atoms with Gasteiger partial charge in [-0.2, -0.15) is 10.1 Å². The minimum Gasteiger partial charge on any atom is -0.337 e. The van der Waals surface area contributed by atoms with Crippen molar-refractivity contribution in [3.8, 4) is 0 Å². The number of H-pyrrole nitrogens is 2. The SMILES string of the molecule is Cc1cc(C(=O)N2CC[C@@H](c3ccn[nH]3)C2)nc(=O)[nH]1. The van der Waals surface area contributed by atoms with Gasteiger partial charge in [0.15, 0.2) is 0 Å². The van der Waals surface area contributed by atoms with Crippen LogP contribution in [0.25, 0.3) is 0 Å². The summed E-state index contributed by atoms with van der Waals surface area (Å²) >= 11 is 0. The molecular weight excluding hydrogens is 258 g/mol. The van der Waals surface area contributed by atoms with Gasteiger partial charge in [0.25, 0.3) is 5.91 Å². The molecule has 0 aromatic carbocycles. The number of amides is 1. The molecule has 1 saturated heterocycles. The number of carbonyl (C=O) groups excluding carboxylic acids is 1. The molecule has 1 fully saturated rings. The van der Waals surface area contributed by atoms with Crippen LogP contribution in [0.15, 0.2) is 23.1 Å². The van der Waals surface area contributed by atoms with Crippen molar-refractivity contribution in [3.63, 3.8) is 0 Å². The lowest BCUT2D eigenvalue weighted by molar-refractivity contribution is 0.0784. The fourth-order valence-electron chi connectivity index (χ4n) is 2.54. The molecule has 1 aliphatic heterocycles. The molecule has 1 amide bonds. The summed E-state index contributed by atoms with van der Waals surface area (Å²) in [7, 11) is 0. The third-order valence-electron chi connectivity index (χ3n) is 3.54. The molecule has 0 spiro atoms. The van der Waals surface area contributed by atoms with E-state index in [-0.39, 0.29) is 17.5 Å². The Morgan fingerprint density at radius 3 is 3.05 bits per heavy atom. The van der Waals surface area contributed by atoms with E-state index in [9.17, 15) is 9.59 Å². The van der Waals surface area contributed by atoms with E-state index in [4.69, 9.17) is 0 Å². The Balaban J connectivity index is 1.77. The fourth-order valence-corrected chi connectivity index (χ4v) is 2.54. The third kappa shape index (κ3) is 2.34. The zero-order valence-corrected chi connectivity index (χ0v) is 11.1. The van der Waals surface area contributed by atoms with Gasteiger partial charge in [0, 0.05) is 36.6 Å². The largest absolute Gasteiger partial charge is 0.345 e. The Kier molecular flexibility index (Phi) is 3.09. The number of nitrogens with one attached hydrogen (secondary N) is 2. The summed E-state index contributed by atoms with van der Waals surface area (Å²) in [5.41, 5.74) is 1.39. The summed E-state index contributed by atoms with van der Waals surface area (Å²) in [5.74, 6) is 0.0748. The molecule has 3 heterocycles. The quantitative estimate of drug-likeness (QED) is 0.829. The predicted molar refractivity (Wildman–Crippen MR) is 71.4 cm³/mol. The Labute approximate surface area is 115 Å². The molecule has 0 bridgehead atoms. The second kappa shape index (κ2) is 4.92. The first-order valence-electron chi connectivity index (χ1n) is 6.50. The molecule has 2 N–H and O–H groups in total. The first-order chi connectivity index (χ1) is 9.63. The topological polar surface area (TPSA) is 94.7 Å². The van der Waals surface area contributed by atoms with Crippen molar-refractivity contribution in [1.82, 2.24) is 25.1 Å². The Morgan fingerprint density at radius 2 is 2.35 bits per heavy atom. The van der Waals surface area contributed by atoms with Gasteiger partial charge in [0.1, 0.15) is 5.69 Å². The number of likely N-dealkylation sites (tertiary alicyclic amines) is 1. The lowest BCUT2D eigenvalue weighted by Crippen LogP contribution is -2.31. The average Bonchev–Trinajstić information content (AvgIpc) is 3.07. The number of rotatable bonds is 2. The molecule has 3 rings (SSSR count). The van der Waals surface area contributed by atoms with Gasteiger partial charge in [-0.15, -0.1) is 0 Å². The number of hydrogen-bond acceptors (Lipinski definition) is 4. The van der Waals surface area contributed by atoms with Crippen LogP contribution in [0.5, 0.6) is 0 Å². The molecule has 0 saturated carbocycles. The minimum atomic E-state index is -0.488. The molecular formula is C13H15N5O2. The Morgan fingerprint density at radius 1 is 1.50 bits per heavy atom. The van der Waals surface area contributed by atoms with Gasteiger partial charge in [-0.3, -0.25) is 9.89 Å². The molecule has 0 radical (unpaired) electrons. The highest BCUT2D eigenvalue weighted by Gasteiger charge is 2.29. The maximum absolute atomic E-state index is 12.4. The summed E-state index contributed by atoms with van der Waals surface area (Å²) in [6, 6.07) is 3.53. The van der Waals surface area contributed by atoms with E-state index < -0.39 is 5.69 Å². The number of aromatic nitrogens is 4. The molecule has 0 aliphatic carbocycles. The Bertz CT molecular complexity index is 676. The summed E-state index contributed by atoms with van der Waals surface area (Å²) < 4.78 is 0. The van der Waals surface area contributed by atoms with Crippen molar-refractivity contribution in [1.29, 1.82) is 0 Å². The van der Waals surface area contributed by atoms with E-state index in [2.05, 4.69) is 20.2 Å². The monoisotopic (exact) mass is 273 g/mol. The van der Waals surface area contributed by atoms with Crippen molar-refractivity contribution < 1.29 is 4.79 Å². The lowest BCUT2D eigenvalue weighted by atomic mass is 10.1. The number of hydrogen-bond donors (Lipinski definition) is 2. The van der Waals surface area contributed by atoms with Crippen molar-refractivity contribution in [2.24, 2.45) is 0 Å². The van der Waals surface area contributed by atoms with Crippen LogP contribution in [0.4, 0.5) is 0 Å². The minimum absolute atomic E-state index is 0.193. The number of carbonyl (C=O) groups is 1. The molecule has 2 aromatic heterocycles. The van der Waals surface area contributed by atoms with E-state index in [1.807, 2.05) is 6.07 Å². The van der Waals surface area contributed by atoms with Gasteiger partial charge in [-0.05, 0) is 25.5 Å². The van der Waals surface area contributed by atoms with Crippen LogP contribution in [-0.4, -0.2) is 44.1 Å². The second-order valence-corrected chi connectivity index (χ2v) is 5.00. The van der Waals surface area contributed by atoms with Gasteiger partial charge in [0.2, 0.25) is 0 Å². The zero-order chi connectivity index (χ0) is 14.1. The fraction of sp³-hybridized carbons (Fsp3) is 0.385. The van der Waals surface area contributed by atoms with Crippen LogP contribution in [-0.2, 0) is 0 Å². The number of nitrogens with zero attached hydrogens (tertiary/aromatic N) is 3. The maximum atomic E-state index is 12.4. The molecule has 104 valence electrons. The van der Waals surface area contributed by atoms with Gasteiger partial charge in [0.05, 0.1) is 0 Å². The van der Waals surface area contributed by atoms with Crippen LogP contribution in [0.2, 0.25) is 0 Å². The van der Waals surface area contributed by atoms with Crippen LogP contribution >= 0.6 is 0 Å². The maximum Gasteiger partial charge on any atom is 0.345 e. The normalized spacial score (nSPS) is 18.4. The van der Waals surface area contributed by atoms with E-state index in [1.54, 1.807) is 24.1 Å². The van der Waals surface area contributed by atoms with E-state index in [0.29, 0.717) is 18.8 Å². The molecule has 1 atom stereocenters. The molecule has 7 heteroatoms. The van der Waals surface area contributed by atoms with E-state index in [0.717, 1.165) is 12.1 Å². The summed E-state index contributed by atoms with van der Waals surface area (Å²) in [4.78, 5) is 31.7. The van der Waals surface area contributed by atoms with Gasteiger partial charge >= 0.3 is 5.69 Å². The third-order valence-corrected chi connectivity index (χ3v) is 3.54. The summed E-state index contributed by atoms with van der Waals surface area (Å²) in [5, 5.41) is 6.87. The summed E-state index contributed by atoms with van der Waals surface area (Å²) in [6.07, 6.45) is 2.59. The van der Waals surface area contributed by atoms with Crippen LogP contribution in [0, 0.1) is 6.92 Å². The van der Waals surface area contributed by atoms with E-state index in [1.165, 1.54) is 0 Å². The second-order valence-electron chi connectivity index (χ2n) is 5.00. The standard InChI is InChI=1S/C13H15N5O2/c1-8-6-11(16-13(20)15-8)12(19)18-5-3-9(7-18)10-2-4-14-17-10/h2,4,6,9H,3,5,7H2,1H3,(H,14,17)(H,15,16,20)/t9-/m1/s1.